The number of aliphatic hydroxyl groups excluding tert-OH is 1. The lowest BCUT2D eigenvalue weighted by atomic mass is 9.72. The maximum absolute atomic E-state index is 14.5. The number of β-amino-alcohol motifs (C(OH)–C–C–N with tert-alkyl or cyclic N) is 1. The van der Waals surface area contributed by atoms with Crippen LogP contribution in [0.2, 0.25) is 0 Å². The van der Waals surface area contributed by atoms with Crippen molar-refractivity contribution in [3.8, 4) is 17.6 Å². The molecule has 0 radical (unpaired) electrons. The first-order valence-electron chi connectivity index (χ1n) is 24.9. The summed E-state index contributed by atoms with van der Waals surface area (Å²) in [4.78, 5) is 50.1. The Morgan fingerprint density at radius 3 is 2.83 bits per heavy atom. The van der Waals surface area contributed by atoms with Gasteiger partial charge in [0.1, 0.15) is 28.8 Å². The van der Waals surface area contributed by atoms with Crippen molar-refractivity contribution in [3.63, 3.8) is 0 Å². The van der Waals surface area contributed by atoms with E-state index in [0.29, 0.717) is 46.4 Å². The van der Waals surface area contributed by atoms with Crippen LogP contribution in [0.5, 0.6) is 0 Å². The number of anilines is 2. The SMILES string of the molecule is CC(C)[C@@H](C(=O)N1C[C@H](O)C[C@H]1C(=O)NCc1ccc2cnn(C)c2c1)n1nnc2c1CC[C@H](CCCN1CCCN(c3nccc(-c4noc([C@@]5(C)CCCc6sc(N)c(C#N)c65)n4)n3)[C@@H](C)C1)C2. The minimum absolute atomic E-state index is 0.0952. The van der Waals surface area contributed by atoms with Crippen molar-refractivity contribution in [2.75, 3.05) is 43.4 Å². The number of carbonyl (C=O) groups excluding carboxylic acids is 2. The number of hydrogen-bond donors (Lipinski definition) is 3. The normalized spacial score (nSPS) is 23.3. The smallest absolute Gasteiger partial charge is 0.248 e. The molecule has 368 valence electrons. The third-order valence-electron chi connectivity index (χ3n) is 15.2. The van der Waals surface area contributed by atoms with Gasteiger partial charge in [-0.05, 0) is 114 Å². The molecule has 4 aliphatic rings. The second-order valence-corrected chi connectivity index (χ2v) is 21.6. The highest BCUT2D eigenvalue weighted by Gasteiger charge is 2.45. The number of aryl methyl sites for hydroxylation is 2. The van der Waals surface area contributed by atoms with Crippen LogP contribution in [0.25, 0.3) is 22.4 Å². The molecule has 4 N–H and O–H groups in total. The maximum atomic E-state index is 14.5. The molecule has 7 heterocycles. The lowest BCUT2D eigenvalue weighted by Gasteiger charge is -2.31. The lowest BCUT2D eigenvalue weighted by molar-refractivity contribution is -0.142. The monoisotopic (exact) mass is 969 g/mol. The number of nitrogens with two attached hydrogens (primary N) is 1. The number of thiophene rings is 1. The van der Waals surface area contributed by atoms with Gasteiger partial charge in [-0.1, -0.05) is 36.4 Å². The second-order valence-electron chi connectivity index (χ2n) is 20.4. The third kappa shape index (κ3) is 9.03. The van der Waals surface area contributed by atoms with E-state index in [1.807, 2.05) is 49.8 Å². The highest BCUT2D eigenvalue weighted by atomic mass is 32.1. The predicted octanol–water partition coefficient (Wildman–Crippen LogP) is 5.12. The number of aromatic nitrogens is 9. The number of nitrogens with one attached hydrogen (secondary N) is 1. The number of amides is 2. The topological polar surface area (TPSA) is 239 Å². The van der Waals surface area contributed by atoms with Crippen molar-refractivity contribution in [3.05, 3.63) is 75.5 Å². The van der Waals surface area contributed by atoms with Gasteiger partial charge < -0.3 is 35.4 Å². The molecule has 2 aliphatic heterocycles. The number of carbonyl (C=O) groups is 2. The Bertz CT molecular complexity index is 2930. The number of nitrogens with zero attached hydrogens (tertiary/aromatic N) is 13. The average molecular weight is 970 g/mol. The van der Waals surface area contributed by atoms with Gasteiger partial charge in [-0.3, -0.25) is 14.3 Å². The minimum Gasteiger partial charge on any atom is -0.391 e. The molecule has 2 saturated heterocycles. The third-order valence-corrected chi connectivity index (χ3v) is 16.3. The van der Waals surface area contributed by atoms with E-state index in [0.717, 1.165) is 122 Å². The number of aliphatic hydroxyl groups is 1. The number of rotatable bonds is 13. The summed E-state index contributed by atoms with van der Waals surface area (Å²) < 4.78 is 9.53. The first kappa shape index (κ1) is 47.4. The van der Waals surface area contributed by atoms with Crippen LogP contribution < -0.4 is 16.0 Å². The number of benzene rings is 1. The van der Waals surface area contributed by atoms with Gasteiger partial charge in [0.15, 0.2) is 0 Å². The Morgan fingerprint density at radius 1 is 1.14 bits per heavy atom. The summed E-state index contributed by atoms with van der Waals surface area (Å²) in [5.74, 6) is 1.36. The Kier molecular flexibility index (Phi) is 13.2. The van der Waals surface area contributed by atoms with E-state index < -0.39 is 23.6 Å². The predicted molar refractivity (Wildman–Crippen MR) is 263 cm³/mol. The van der Waals surface area contributed by atoms with E-state index >= 15 is 0 Å². The van der Waals surface area contributed by atoms with Gasteiger partial charge in [0.2, 0.25) is 29.5 Å². The highest BCUT2D eigenvalue weighted by molar-refractivity contribution is 7.16. The molecule has 2 aliphatic carbocycles. The van der Waals surface area contributed by atoms with Gasteiger partial charge in [-0.2, -0.15) is 15.3 Å². The number of nitrogen functional groups attached to an aromatic ring is 1. The first-order chi connectivity index (χ1) is 33.8. The molecular weight excluding hydrogens is 907 g/mol. The van der Waals surface area contributed by atoms with Crippen molar-refractivity contribution in [2.45, 2.75) is 128 Å². The van der Waals surface area contributed by atoms with Crippen molar-refractivity contribution in [1.29, 1.82) is 5.26 Å². The van der Waals surface area contributed by atoms with Crippen LogP contribution in [-0.2, 0) is 47.9 Å². The summed E-state index contributed by atoms with van der Waals surface area (Å²) in [5.41, 5.74) is 11.5. The van der Waals surface area contributed by atoms with E-state index in [9.17, 15) is 20.0 Å². The van der Waals surface area contributed by atoms with Crippen molar-refractivity contribution in [1.82, 2.24) is 60.0 Å². The zero-order chi connectivity index (χ0) is 48.8. The van der Waals surface area contributed by atoms with E-state index in [1.54, 1.807) is 22.0 Å². The molecule has 6 atom stereocenters. The second kappa shape index (κ2) is 19.5. The molecule has 5 aromatic heterocycles. The molecule has 6 aromatic rings. The van der Waals surface area contributed by atoms with Crippen molar-refractivity contribution < 1.29 is 19.2 Å². The van der Waals surface area contributed by atoms with Crippen LogP contribution in [-0.4, -0.2) is 123 Å². The Labute approximate surface area is 411 Å². The zero-order valence-corrected chi connectivity index (χ0v) is 41.5. The molecule has 0 spiro atoms. The molecule has 0 unspecified atom stereocenters. The largest absolute Gasteiger partial charge is 0.391 e. The van der Waals surface area contributed by atoms with Crippen LogP contribution in [0, 0.1) is 23.2 Å². The molecular formula is C50H63N15O4S. The fraction of sp³-hybridized carbons (Fsp3) is 0.560. The van der Waals surface area contributed by atoms with Gasteiger partial charge in [-0.25, -0.2) is 14.6 Å². The molecule has 10 rings (SSSR count). The van der Waals surface area contributed by atoms with E-state index in [1.165, 1.54) is 11.3 Å². The van der Waals surface area contributed by atoms with Crippen LogP contribution in [0.3, 0.4) is 0 Å². The summed E-state index contributed by atoms with van der Waals surface area (Å²) >= 11 is 1.48. The van der Waals surface area contributed by atoms with Crippen LogP contribution >= 0.6 is 11.3 Å². The number of fused-ring (bicyclic) bond motifs is 3. The fourth-order valence-electron chi connectivity index (χ4n) is 11.5. The first-order valence-corrected chi connectivity index (χ1v) is 25.7. The summed E-state index contributed by atoms with van der Waals surface area (Å²) in [6.45, 7) is 12.4. The minimum atomic E-state index is -0.792. The summed E-state index contributed by atoms with van der Waals surface area (Å²) in [5, 5.41) is 43.2. The fourth-order valence-corrected chi connectivity index (χ4v) is 12.7. The lowest BCUT2D eigenvalue weighted by Crippen LogP contribution is -2.49. The Morgan fingerprint density at radius 2 is 2.00 bits per heavy atom. The van der Waals surface area contributed by atoms with Gasteiger partial charge in [0.25, 0.3) is 0 Å². The Hall–Kier alpha value is -6.30. The molecule has 1 aromatic carbocycles. The van der Waals surface area contributed by atoms with Crippen LogP contribution in [0.15, 0.2) is 41.2 Å². The summed E-state index contributed by atoms with van der Waals surface area (Å²) in [6.07, 6.45) is 11.3. The molecule has 70 heavy (non-hydrogen) atoms. The van der Waals surface area contributed by atoms with Gasteiger partial charge in [0.05, 0.1) is 40.2 Å². The van der Waals surface area contributed by atoms with Crippen molar-refractivity contribution in [2.24, 2.45) is 18.9 Å². The quantitative estimate of drug-likeness (QED) is 0.136. The molecule has 19 nitrogen and oxygen atoms in total. The summed E-state index contributed by atoms with van der Waals surface area (Å²) in [6, 6.07) is 8.83. The summed E-state index contributed by atoms with van der Waals surface area (Å²) in [7, 11) is 1.88. The Balaban J connectivity index is 0.729. The average Bonchev–Trinajstić information content (AvgIpc) is 4.19. The van der Waals surface area contributed by atoms with E-state index in [2.05, 4.69) is 55.6 Å². The number of hydrogen-bond acceptors (Lipinski definition) is 16. The molecule has 0 saturated carbocycles. The highest BCUT2D eigenvalue weighted by Crippen LogP contribution is 2.48. The number of nitriles is 1. The van der Waals surface area contributed by atoms with Gasteiger partial charge in [0, 0.05) is 67.7 Å². The molecule has 0 bridgehead atoms. The van der Waals surface area contributed by atoms with Crippen molar-refractivity contribution >= 4 is 45.0 Å². The van der Waals surface area contributed by atoms with Gasteiger partial charge in [-0.15, -0.1) is 16.4 Å². The zero-order valence-electron chi connectivity index (χ0n) is 40.7. The van der Waals surface area contributed by atoms with Crippen LogP contribution in [0.1, 0.15) is 118 Å². The van der Waals surface area contributed by atoms with E-state index in [4.69, 9.17) is 25.2 Å². The maximum Gasteiger partial charge on any atom is 0.248 e. The van der Waals surface area contributed by atoms with E-state index in [-0.39, 0.29) is 36.7 Å². The molecule has 2 amide bonds. The standard InChI is InChI=1S/C50H63N15O4S/c1-29(2)43(47(68)64-28-34(66)23-40(64)46(67)54-25-32-11-13-33-26-55-61(5)39(33)22-32)65-38-14-12-31(21-37(38)58-60-65)9-7-18-62-19-8-20-63(30(3)27-62)49-53-17-15-36(56-49)45-57-48(69-59-45)50(4)16-6-10-41-42(50)35(24-51)44(52)70-41/h11,13,15,17,22,26,29-31,34,40,43,66H,6-10,12,14,16,18-21,23,25,27-28,52H2,1-5H3,(H,54,67)/t30-,31-,34+,40-,43-,50-/m0/s1. The molecule has 20 heteroatoms. The van der Waals surface area contributed by atoms with Crippen LogP contribution in [0.4, 0.5) is 10.9 Å². The molecule has 2 fully saturated rings. The van der Waals surface area contributed by atoms with Gasteiger partial charge >= 0.3 is 0 Å². The number of likely N-dealkylation sites (tertiary alicyclic amines) is 1.